The molecule has 0 aromatic heterocycles. The fourth-order valence-corrected chi connectivity index (χ4v) is 2.43. The quantitative estimate of drug-likeness (QED) is 0.891. The summed E-state index contributed by atoms with van der Waals surface area (Å²) in [6.45, 7) is 0.707. The molecule has 0 spiro atoms. The largest absolute Gasteiger partial charge is 0.325 e. The zero-order valence-corrected chi connectivity index (χ0v) is 14.0. The van der Waals surface area contributed by atoms with Gasteiger partial charge in [-0.15, -0.1) is 0 Å². The van der Waals surface area contributed by atoms with E-state index >= 15 is 0 Å². The lowest BCUT2D eigenvalue weighted by atomic mass is 10.1. The predicted molar refractivity (Wildman–Crippen MR) is 92.6 cm³/mol. The predicted octanol–water partition coefficient (Wildman–Crippen LogP) is 3.94. The number of nitrogens with one attached hydrogen (secondary N) is 1. The van der Waals surface area contributed by atoms with Crippen LogP contribution in [0.25, 0.3) is 0 Å². The molecule has 1 N–H and O–H groups in total. The average Bonchev–Trinajstić information content (AvgIpc) is 2.51. The summed E-state index contributed by atoms with van der Waals surface area (Å²) in [5.41, 5.74) is 2.10. The van der Waals surface area contributed by atoms with Crippen LogP contribution in [0.1, 0.15) is 11.1 Å². The first-order valence-electron chi connectivity index (χ1n) is 6.91. The van der Waals surface area contributed by atoms with Crippen molar-refractivity contribution >= 4 is 34.8 Å². The van der Waals surface area contributed by atoms with Crippen molar-refractivity contribution in [3.63, 3.8) is 0 Å². The van der Waals surface area contributed by atoms with Crippen molar-refractivity contribution in [2.45, 2.75) is 6.54 Å². The molecule has 0 aliphatic rings. The molecule has 2 rings (SSSR count). The van der Waals surface area contributed by atoms with Crippen LogP contribution in [0.4, 0.5) is 5.69 Å². The Hall–Kier alpha value is -2.06. The van der Waals surface area contributed by atoms with Gasteiger partial charge in [-0.3, -0.25) is 9.69 Å². The minimum atomic E-state index is -0.166. The number of rotatable bonds is 5. The van der Waals surface area contributed by atoms with E-state index in [0.717, 1.165) is 5.56 Å². The van der Waals surface area contributed by atoms with Crippen molar-refractivity contribution in [3.05, 3.63) is 63.6 Å². The first kappa shape index (κ1) is 17.3. The molecular weight excluding hydrogens is 333 g/mol. The third-order valence-electron chi connectivity index (χ3n) is 3.19. The van der Waals surface area contributed by atoms with E-state index in [9.17, 15) is 4.79 Å². The van der Waals surface area contributed by atoms with Crippen LogP contribution in [-0.4, -0.2) is 24.4 Å². The smallest absolute Gasteiger partial charge is 0.238 e. The summed E-state index contributed by atoms with van der Waals surface area (Å²) < 4.78 is 0. The van der Waals surface area contributed by atoms with Gasteiger partial charge >= 0.3 is 0 Å². The van der Waals surface area contributed by atoms with Crippen LogP contribution in [0.3, 0.4) is 0 Å². The Morgan fingerprint density at radius 3 is 2.65 bits per heavy atom. The molecule has 118 valence electrons. The number of nitriles is 1. The number of nitrogens with zero attached hydrogens (tertiary/aromatic N) is 2. The van der Waals surface area contributed by atoms with E-state index < -0.39 is 0 Å². The van der Waals surface area contributed by atoms with Crippen molar-refractivity contribution in [3.8, 4) is 6.07 Å². The molecule has 0 bridgehead atoms. The van der Waals surface area contributed by atoms with Crippen LogP contribution in [0.5, 0.6) is 0 Å². The van der Waals surface area contributed by atoms with Crippen LogP contribution in [0.15, 0.2) is 42.5 Å². The third kappa shape index (κ3) is 4.97. The highest BCUT2D eigenvalue weighted by Gasteiger charge is 2.10. The Morgan fingerprint density at radius 2 is 1.96 bits per heavy atom. The second kappa shape index (κ2) is 7.98. The van der Waals surface area contributed by atoms with Gasteiger partial charge in [-0.2, -0.15) is 5.26 Å². The van der Waals surface area contributed by atoms with Crippen LogP contribution < -0.4 is 5.32 Å². The first-order valence-corrected chi connectivity index (χ1v) is 7.66. The Kier molecular flexibility index (Phi) is 6.00. The molecule has 23 heavy (non-hydrogen) atoms. The number of halogens is 2. The normalized spacial score (nSPS) is 10.4. The van der Waals surface area contributed by atoms with Gasteiger partial charge in [0, 0.05) is 12.2 Å². The zero-order valence-electron chi connectivity index (χ0n) is 12.5. The lowest BCUT2D eigenvalue weighted by molar-refractivity contribution is -0.117. The maximum absolute atomic E-state index is 12.1. The molecule has 0 fully saturated rings. The molecule has 0 heterocycles. The van der Waals surface area contributed by atoms with Gasteiger partial charge in [-0.25, -0.2) is 0 Å². The van der Waals surface area contributed by atoms with Crippen LogP contribution in [0.2, 0.25) is 10.0 Å². The summed E-state index contributed by atoms with van der Waals surface area (Å²) in [5, 5.41) is 12.7. The van der Waals surface area contributed by atoms with E-state index in [-0.39, 0.29) is 12.5 Å². The van der Waals surface area contributed by atoms with E-state index in [2.05, 4.69) is 11.4 Å². The molecular formula is C17H15Cl2N3O. The number of benzene rings is 2. The topological polar surface area (TPSA) is 56.1 Å². The summed E-state index contributed by atoms with van der Waals surface area (Å²) in [7, 11) is 1.82. The molecule has 2 aromatic carbocycles. The number of likely N-dealkylation sites (N-methyl/N-ethyl adjacent to an activating group) is 1. The molecule has 0 unspecified atom stereocenters. The molecule has 1 amide bonds. The summed E-state index contributed by atoms with van der Waals surface area (Å²) >= 11 is 11.8. The van der Waals surface area contributed by atoms with Gasteiger partial charge in [-0.05, 0) is 36.9 Å². The lowest BCUT2D eigenvalue weighted by Crippen LogP contribution is -2.30. The fraction of sp³-hybridized carbons (Fsp3) is 0.176. The monoisotopic (exact) mass is 347 g/mol. The molecule has 0 radical (unpaired) electrons. The van der Waals surface area contributed by atoms with Gasteiger partial charge in [0.15, 0.2) is 0 Å². The average molecular weight is 348 g/mol. The number of hydrogen-bond donors (Lipinski definition) is 1. The van der Waals surface area contributed by atoms with E-state index in [1.165, 1.54) is 0 Å². The number of anilines is 1. The Morgan fingerprint density at radius 1 is 1.22 bits per heavy atom. The summed E-state index contributed by atoms with van der Waals surface area (Å²) in [6, 6.07) is 14.4. The van der Waals surface area contributed by atoms with Crippen LogP contribution in [0, 0.1) is 11.3 Å². The third-order valence-corrected chi connectivity index (χ3v) is 3.93. The molecule has 4 nitrogen and oxygen atoms in total. The maximum Gasteiger partial charge on any atom is 0.238 e. The molecule has 6 heteroatoms. The van der Waals surface area contributed by atoms with Gasteiger partial charge in [0.25, 0.3) is 0 Å². The number of carbonyl (C=O) groups is 1. The highest BCUT2D eigenvalue weighted by atomic mass is 35.5. The molecule has 0 aliphatic heterocycles. The first-order chi connectivity index (χ1) is 11.0. The van der Waals surface area contributed by atoms with Crippen molar-refractivity contribution < 1.29 is 4.79 Å². The van der Waals surface area contributed by atoms with Crippen LogP contribution >= 0.6 is 23.2 Å². The van der Waals surface area contributed by atoms with E-state index in [4.69, 9.17) is 28.5 Å². The summed E-state index contributed by atoms with van der Waals surface area (Å²) in [5.74, 6) is -0.166. The van der Waals surface area contributed by atoms with Gasteiger partial charge in [0.1, 0.15) is 0 Å². The molecule has 0 saturated carbocycles. The van der Waals surface area contributed by atoms with Crippen molar-refractivity contribution in [2.24, 2.45) is 0 Å². The zero-order chi connectivity index (χ0) is 16.8. The lowest BCUT2D eigenvalue weighted by Gasteiger charge is -2.17. The summed E-state index contributed by atoms with van der Waals surface area (Å²) in [6.07, 6.45) is 0. The number of carbonyl (C=O) groups excluding carboxylic acids is 1. The van der Waals surface area contributed by atoms with Crippen molar-refractivity contribution in [2.75, 3.05) is 18.9 Å². The molecule has 0 saturated heterocycles. The van der Waals surface area contributed by atoms with E-state index in [1.807, 2.05) is 30.1 Å². The summed E-state index contributed by atoms with van der Waals surface area (Å²) in [4.78, 5) is 13.9. The highest BCUT2D eigenvalue weighted by Crippen LogP contribution is 2.24. The number of amides is 1. The van der Waals surface area contributed by atoms with Gasteiger partial charge in [0.05, 0.1) is 28.2 Å². The highest BCUT2D eigenvalue weighted by molar-refractivity contribution is 6.42. The fourth-order valence-electron chi connectivity index (χ4n) is 2.13. The SMILES string of the molecule is CN(CC(=O)Nc1ccc(Cl)c(Cl)c1)Cc1ccccc1C#N. The molecule has 2 aromatic rings. The van der Waals surface area contributed by atoms with Gasteiger partial charge in [-0.1, -0.05) is 41.4 Å². The van der Waals surface area contributed by atoms with Crippen molar-refractivity contribution in [1.29, 1.82) is 5.26 Å². The van der Waals surface area contributed by atoms with Gasteiger partial charge in [0.2, 0.25) is 5.91 Å². The maximum atomic E-state index is 12.1. The Labute approximate surface area is 145 Å². The van der Waals surface area contributed by atoms with Crippen LogP contribution in [-0.2, 0) is 11.3 Å². The minimum absolute atomic E-state index is 0.166. The minimum Gasteiger partial charge on any atom is -0.325 e. The second-order valence-electron chi connectivity index (χ2n) is 5.12. The standard InChI is InChI=1S/C17H15Cl2N3O/c1-22(10-13-5-3-2-4-12(13)9-20)11-17(23)21-14-6-7-15(18)16(19)8-14/h2-8H,10-11H2,1H3,(H,21,23). The van der Waals surface area contributed by atoms with Gasteiger partial charge < -0.3 is 5.32 Å². The molecule has 0 atom stereocenters. The second-order valence-corrected chi connectivity index (χ2v) is 5.93. The van der Waals surface area contributed by atoms with E-state index in [0.29, 0.717) is 27.8 Å². The number of hydrogen-bond acceptors (Lipinski definition) is 3. The Balaban J connectivity index is 1.94. The van der Waals surface area contributed by atoms with Crippen molar-refractivity contribution in [1.82, 2.24) is 4.90 Å². The van der Waals surface area contributed by atoms with E-state index in [1.54, 1.807) is 24.3 Å². The Bertz CT molecular complexity index is 756. The molecule has 0 aliphatic carbocycles.